The SMILES string of the molecule is O=S(=O)(O[I-]c1c(F)c(F)c(F)c(F)c1F)C(F)(F)F. The van der Waals surface area contributed by atoms with Crippen LogP contribution in [0.3, 0.4) is 0 Å². The summed E-state index contributed by atoms with van der Waals surface area (Å²) in [5.41, 5.74) is -5.88. The number of hydrogen-bond acceptors (Lipinski definition) is 3. The van der Waals surface area contributed by atoms with Crippen molar-refractivity contribution in [2.24, 2.45) is 0 Å². The molecule has 3 nitrogen and oxygen atoms in total. The quantitative estimate of drug-likeness (QED) is 0.207. The van der Waals surface area contributed by atoms with Crippen molar-refractivity contribution in [2.75, 3.05) is 0 Å². The Labute approximate surface area is 116 Å². The predicted molar refractivity (Wildman–Crippen MR) is 41.0 cm³/mol. The van der Waals surface area contributed by atoms with Crippen molar-refractivity contribution >= 4 is 10.1 Å². The zero-order valence-corrected chi connectivity index (χ0v) is 11.5. The van der Waals surface area contributed by atoms with E-state index in [-0.39, 0.29) is 0 Å². The first kappa shape index (κ1) is 17.4. The second kappa shape index (κ2) is 5.59. The van der Waals surface area contributed by atoms with Crippen LogP contribution in [0, 0.1) is 32.7 Å². The molecule has 13 heteroatoms. The van der Waals surface area contributed by atoms with Gasteiger partial charge in [-0.05, 0) is 0 Å². The van der Waals surface area contributed by atoms with Gasteiger partial charge in [0.15, 0.2) is 0 Å². The Balaban J connectivity index is 3.19. The molecular weight excluding hydrogens is 443 g/mol. The van der Waals surface area contributed by atoms with E-state index in [4.69, 9.17) is 0 Å². The summed E-state index contributed by atoms with van der Waals surface area (Å²) in [6.45, 7) is 0. The van der Waals surface area contributed by atoms with Gasteiger partial charge >= 0.3 is 116 Å². The summed E-state index contributed by atoms with van der Waals surface area (Å²) >= 11 is -3.12. The van der Waals surface area contributed by atoms with Crippen molar-refractivity contribution in [2.45, 2.75) is 5.51 Å². The number of hydrogen-bond donors (Lipinski definition) is 0. The van der Waals surface area contributed by atoms with Gasteiger partial charge in [-0.15, -0.1) is 0 Å². The van der Waals surface area contributed by atoms with Crippen LogP contribution in [0.25, 0.3) is 0 Å². The van der Waals surface area contributed by atoms with Gasteiger partial charge in [0.25, 0.3) is 0 Å². The molecule has 0 aliphatic rings. The minimum atomic E-state index is -6.19. The Hall–Kier alpha value is -0.700. The third-order valence-electron chi connectivity index (χ3n) is 1.63. The second-order valence-electron chi connectivity index (χ2n) is 2.92. The molecule has 1 aromatic carbocycles. The van der Waals surface area contributed by atoms with Gasteiger partial charge in [0.05, 0.1) is 0 Å². The molecule has 0 saturated carbocycles. The zero-order valence-electron chi connectivity index (χ0n) is 8.53. The van der Waals surface area contributed by atoms with Gasteiger partial charge in [-0.2, -0.15) is 0 Å². The Morgan fingerprint density at radius 3 is 1.50 bits per heavy atom. The standard InChI is InChI=1S/C7F8IO3S/c8-1-2(9)4(11)6(5(12)3(1)10)16-19-20(17,18)7(13,14)15/q-1. The van der Waals surface area contributed by atoms with Gasteiger partial charge in [0.2, 0.25) is 0 Å². The molecule has 0 fully saturated rings. The Morgan fingerprint density at radius 2 is 1.15 bits per heavy atom. The van der Waals surface area contributed by atoms with Gasteiger partial charge in [-0.25, -0.2) is 0 Å². The monoisotopic (exact) mass is 443 g/mol. The molecular formula is C7F8IO3S-. The van der Waals surface area contributed by atoms with Crippen LogP contribution in [0.5, 0.6) is 0 Å². The molecule has 0 atom stereocenters. The van der Waals surface area contributed by atoms with Crippen molar-refractivity contribution in [1.82, 2.24) is 0 Å². The number of alkyl halides is 3. The molecule has 116 valence electrons. The molecule has 0 aliphatic carbocycles. The van der Waals surface area contributed by atoms with E-state index in [1.54, 1.807) is 0 Å². The first-order chi connectivity index (χ1) is 8.90. The summed E-state index contributed by atoms with van der Waals surface area (Å²) in [7, 11) is -6.19. The van der Waals surface area contributed by atoms with Crippen LogP contribution in [0.1, 0.15) is 0 Å². The maximum absolute atomic E-state index is 13.0. The molecule has 0 aromatic heterocycles. The van der Waals surface area contributed by atoms with Gasteiger partial charge in [0, 0.05) is 0 Å². The molecule has 1 aromatic rings. The fourth-order valence-electron chi connectivity index (χ4n) is 0.755. The van der Waals surface area contributed by atoms with Crippen LogP contribution in [0.15, 0.2) is 0 Å². The molecule has 0 amide bonds. The Bertz CT molecular complexity index is 611. The number of halogens is 9. The topological polar surface area (TPSA) is 43.4 Å². The molecule has 0 N–H and O–H groups in total. The van der Waals surface area contributed by atoms with Gasteiger partial charge in [0.1, 0.15) is 0 Å². The van der Waals surface area contributed by atoms with Crippen LogP contribution in [-0.2, 0) is 12.6 Å². The molecule has 0 aliphatic heterocycles. The van der Waals surface area contributed by atoms with E-state index in [1.165, 1.54) is 0 Å². The van der Waals surface area contributed by atoms with E-state index >= 15 is 0 Å². The van der Waals surface area contributed by atoms with E-state index in [9.17, 15) is 43.5 Å². The summed E-state index contributed by atoms with van der Waals surface area (Å²) in [4.78, 5) is 0. The number of rotatable bonds is 3. The van der Waals surface area contributed by atoms with Crippen LogP contribution in [-0.4, -0.2) is 13.9 Å². The van der Waals surface area contributed by atoms with Gasteiger partial charge in [-0.1, -0.05) is 0 Å². The van der Waals surface area contributed by atoms with Crippen molar-refractivity contribution < 1.29 is 67.7 Å². The molecule has 0 unspecified atom stereocenters. The van der Waals surface area contributed by atoms with Crippen LogP contribution in [0.2, 0.25) is 0 Å². The Kier molecular flexibility index (Phi) is 4.85. The molecule has 0 bridgehead atoms. The van der Waals surface area contributed by atoms with E-state index in [1.807, 2.05) is 0 Å². The average molecular weight is 443 g/mol. The van der Waals surface area contributed by atoms with Gasteiger partial charge < -0.3 is 0 Å². The van der Waals surface area contributed by atoms with E-state index < -0.39 is 69.9 Å². The summed E-state index contributed by atoms with van der Waals surface area (Å²) in [6, 6.07) is 0. The van der Waals surface area contributed by atoms with E-state index in [2.05, 4.69) is 2.51 Å². The van der Waals surface area contributed by atoms with Crippen LogP contribution >= 0.6 is 0 Å². The second-order valence-corrected chi connectivity index (χ2v) is 7.02. The normalized spacial score (nSPS) is 13.0. The minimum absolute atomic E-state index is 1.73. The first-order valence-electron chi connectivity index (χ1n) is 4.06. The van der Waals surface area contributed by atoms with Crippen LogP contribution in [0.4, 0.5) is 35.1 Å². The predicted octanol–water partition coefficient (Wildman–Crippen LogP) is -0.578. The molecule has 0 spiro atoms. The third-order valence-corrected chi connectivity index (χ3v) is 5.77. The first-order valence-corrected chi connectivity index (χ1v) is 7.43. The van der Waals surface area contributed by atoms with Crippen molar-refractivity contribution in [3.8, 4) is 0 Å². The van der Waals surface area contributed by atoms with E-state index in [0.717, 1.165) is 0 Å². The molecule has 0 heterocycles. The summed E-state index contributed by atoms with van der Waals surface area (Å²) in [6.07, 6.45) is 0. The average Bonchev–Trinajstić information content (AvgIpc) is 2.32. The van der Waals surface area contributed by atoms with Crippen molar-refractivity contribution in [3.63, 3.8) is 0 Å². The van der Waals surface area contributed by atoms with Crippen molar-refractivity contribution in [1.29, 1.82) is 0 Å². The molecule has 1 rings (SSSR count). The number of benzene rings is 1. The Morgan fingerprint density at radius 1 is 0.800 bits per heavy atom. The summed E-state index contributed by atoms with van der Waals surface area (Å²) in [5.74, 6) is -12.2. The zero-order chi connectivity index (χ0) is 15.9. The van der Waals surface area contributed by atoms with E-state index in [0.29, 0.717) is 0 Å². The van der Waals surface area contributed by atoms with Crippen molar-refractivity contribution in [3.05, 3.63) is 32.7 Å². The summed E-state index contributed by atoms with van der Waals surface area (Å²) < 4.78 is 122. The van der Waals surface area contributed by atoms with Crippen LogP contribution < -0.4 is 21.6 Å². The molecule has 0 radical (unpaired) electrons. The fourth-order valence-corrected chi connectivity index (χ4v) is 3.69. The maximum atomic E-state index is 13.0. The third kappa shape index (κ3) is 3.13. The van der Waals surface area contributed by atoms with Gasteiger partial charge in [-0.3, -0.25) is 0 Å². The summed E-state index contributed by atoms with van der Waals surface area (Å²) in [5, 5.41) is 0. The molecule has 20 heavy (non-hydrogen) atoms. The molecule has 0 saturated heterocycles. The fraction of sp³-hybridized carbons (Fsp3) is 0.143.